The van der Waals surface area contributed by atoms with E-state index in [9.17, 15) is 14.0 Å². The molecular formula is C22H23FN2O3. The Bertz CT molecular complexity index is 893. The molecule has 1 saturated heterocycles. The maximum Gasteiger partial charge on any atom is 0.254 e. The lowest BCUT2D eigenvalue weighted by atomic mass is 9.94. The van der Waals surface area contributed by atoms with Crippen LogP contribution in [0.5, 0.6) is 0 Å². The predicted molar refractivity (Wildman–Crippen MR) is 104 cm³/mol. The van der Waals surface area contributed by atoms with E-state index >= 15 is 0 Å². The standard InChI is InChI=1S/C22H23FN2O3/c1-15-14-25(12-13-28-15)20(26)16-6-8-17(9-7-16)24-21(27)22(10-11-22)18-4-2-3-5-19(18)23/h2-9,15H,10-14H2,1H3,(H,24,27). The van der Waals surface area contributed by atoms with Crippen molar-refractivity contribution in [3.63, 3.8) is 0 Å². The third-order valence-electron chi connectivity index (χ3n) is 5.49. The summed E-state index contributed by atoms with van der Waals surface area (Å²) in [6.07, 6.45) is 1.29. The molecule has 28 heavy (non-hydrogen) atoms. The maximum absolute atomic E-state index is 14.1. The Morgan fingerprint density at radius 1 is 1.14 bits per heavy atom. The maximum atomic E-state index is 14.1. The largest absolute Gasteiger partial charge is 0.375 e. The Balaban J connectivity index is 1.44. The van der Waals surface area contributed by atoms with Gasteiger partial charge in [0.25, 0.3) is 5.91 Å². The zero-order chi connectivity index (χ0) is 19.7. The van der Waals surface area contributed by atoms with E-state index in [0.717, 1.165) is 0 Å². The molecule has 1 unspecified atom stereocenters. The van der Waals surface area contributed by atoms with Crippen molar-refractivity contribution in [3.05, 3.63) is 65.5 Å². The van der Waals surface area contributed by atoms with Gasteiger partial charge in [-0.1, -0.05) is 18.2 Å². The molecule has 0 bridgehead atoms. The van der Waals surface area contributed by atoms with Crippen LogP contribution in [0.15, 0.2) is 48.5 Å². The molecule has 146 valence electrons. The molecule has 0 radical (unpaired) electrons. The molecule has 0 aromatic heterocycles. The molecule has 5 nitrogen and oxygen atoms in total. The van der Waals surface area contributed by atoms with Gasteiger partial charge in [-0.25, -0.2) is 4.39 Å². The smallest absolute Gasteiger partial charge is 0.254 e. The van der Waals surface area contributed by atoms with Gasteiger partial charge in [0.05, 0.1) is 18.1 Å². The third-order valence-corrected chi connectivity index (χ3v) is 5.49. The second kappa shape index (κ2) is 7.36. The first-order valence-corrected chi connectivity index (χ1v) is 9.57. The van der Waals surface area contributed by atoms with Gasteiger partial charge in [-0.2, -0.15) is 0 Å². The number of rotatable bonds is 4. The Labute approximate surface area is 163 Å². The number of morpholine rings is 1. The molecule has 2 amide bonds. The number of anilines is 1. The van der Waals surface area contributed by atoms with Crippen molar-refractivity contribution in [1.29, 1.82) is 0 Å². The van der Waals surface area contributed by atoms with Crippen molar-refractivity contribution >= 4 is 17.5 Å². The van der Waals surface area contributed by atoms with E-state index in [0.29, 0.717) is 49.4 Å². The zero-order valence-electron chi connectivity index (χ0n) is 15.8. The Hall–Kier alpha value is -2.73. The molecule has 6 heteroatoms. The van der Waals surface area contributed by atoms with Crippen LogP contribution in [0.1, 0.15) is 35.7 Å². The van der Waals surface area contributed by atoms with Crippen molar-refractivity contribution in [3.8, 4) is 0 Å². The molecule has 2 fully saturated rings. The molecule has 2 aromatic rings. The van der Waals surface area contributed by atoms with Crippen LogP contribution < -0.4 is 5.32 Å². The lowest BCUT2D eigenvalue weighted by Gasteiger charge is -2.31. The first-order valence-electron chi connectivity index (χ1n) is 9.57. The third kappa shape index (κ3) is 3.52. The highest BCUT2D eigenvalue weighted by molar-refractivity contribution is 6.02. The molecule has 0 spiro atoms. The minimum atomic E-state index is -0.788. The normalized spacial score (nSPS) is 20.5. The van der Waals surface area contributed by atoms with E-state index in [1.165, 1.54) is 6.07 Å². The lowest BCUT2D eigenvalue weighted by Crippen LogP contribution is -2.44. The van der Waals surface area contributed by atoms with E-state index in [1.807, 2.05) is 6.92 Å². The predicted octanol–water partition coefficient (Wildman–Crippen LogP) is 3.36. The highest BCUT2D eigenvalue weighted by Gasteiger charge is 2.52. The number of halogens is 1. The molecular weight excluding hydrogens is 359 g/mol. The number of amides is 2. The number of carbonyl (C=O) groups excluding carboxylic acids is 2. The van der Waals surface area contributed by atoms with Crippen LogP contribution in [0, 0.1) is 5.82 Å². The van der Waals surface area contributed by atoms with E-state index < -0.39 is 5.41 Å². The summed E-state index contributed by atoms with van der Waals surface area (Å²) in [6, 6.07) is 13.3. The van der Waals surface area contributed by atoms with E-state index in [-0.39, 0.29) is 23.7 Å². The summed E-state index contributed by atoms with van der Waals surface area (Å²) in [7, 11) is 0. The minimum absolute atomic E-state index is 0.0318. The van der Waals surface area contributed by atoms with Crippen LogP contribution in [-0.2, 0) is 14.9 Å². The highest BCUT2D eigenvalue weighted by Crippen LogP contribution is 2.49. The summed E-state index contributed by atoms with van der Waals surface area (Å²) in [5.74, 6) is -0.604. The quantitative estimate of drug-likeness (QED) is 0.882. The first-order chi connectivity index (χ1) is 13.5. The van der Waals surface area contributed by atoms with Gasteiger partial charge >= 0.3 is 0 Å². The molecule has 2 aromatic carbocycles. The van der Waals surface area contributed by atoms with Crippen molar-refractivity contribution in [2.24, 2.45) is 0 Å². The molecule has 1 aliphatic carbocycles. The van der Waals surface area contributed by atoms with Crippen LogP contribution >= 0.6 is 0 Å². The minimum Gasteiger partial charge on any atom is -0.375 e. The lowest BCUT2D eigenvalue weighted by molar-refractivity contribution is -0.118. The molecule has 1 saturated carbocycles. The molecule has 1 atom stereocenters. The first kappa shape index (κ1) is 18.6. The number of carbonyl (C=O) groups is 2. The highest BCUT2D eigenvalue weighted by atomic mass is 19.1. The zero-order valence-corrected chi connectivity index (χ0v) is 15.8. The second-order valence-electron chi connectivity index (χ2n) is 7.53. The molecule has 2 aliphatic rings. The fraction of sp³-hybridized carbons (Fsp3) is 0.364. The van der Waals surface area contributed by atoms with Gasteiger partial charge in [0.2, 0.25) is 5.91 Å². The van der Waals surface area contributed by atoms with Gasteiger partial charge < -0.3 is 15.0 Å². The van der Waals surface area contributed by atoms with Crippen molar-refractivity contribution in [2.45, 2.75) is 31.3 Å². The number of nitrogens with one attached hydrogen (secondary N) is 1. The van der Waals surface area contributed by atoms with Crippen LogP contribution in [0.4, 0.5) is 10.1 Å². The van der Waals surface area contributed by atoms with Crippen molar-refractivity contribution in [1.82, 2.24) is 4.90 Å². The molecule has 4 rings (SSSR count). The Morgan fingerprint density at radius 3 is 2.50 bits per heavy atom. The number of ether oxygens (including phenoxy) is 1. The number of hydrogen-bond acceptors (Lipinski definition) is 3. The molecule has 1 aliphatic heterocycles. The van der Waals surface area contributed by atoms with Crippen molar-refractivity contribution in [2.75, 3.05) is 25.0 Å². The topological polar surface area (TPSA) is 58.6 Å². The Kier molecular flexibility index (Phi) is 4.89. The fourth-order valence-corrected chi connectivity index (χ4v) is 3.73. The van der Waals surface area contributed by atoms with Crippen LogP contribution in [0.2, 0.25) is 0 Å². The summed E-state index contributed by atoms with van der Waals surface area (Å²) in [5.41, 5.74) is 0.826. The average molecular weight is 382 g/mol. The van der Waals surface area contributed by atoms with Crippen LogP contribution in [0.3, 0.4) is 0 Å². The average Bonchev–Trinajstić information content (AvgIpc) is 3.50. The summed E-state index contributed by atoms with van der Waals surface area (Å²) in [4.78, 5) is 27.2. The molecule has 1 N–H and O–H groups in total. The fourth-order valence-electron chi connectivity index (χ4n) is 3.73. The van der Waals surface area contributed by atoms with Gasteiger partial charge in [0.15, 0.2) is 0 Å². The molecule has 1 heterocycles. The van der Waals surface area contributed by atoms with E-state index in [4.69, 9.17) is 4.74 Å². The van der Waals surface area contributed by atoms with Gasteiger partial charge in [-0.05, 0) is 50.1 Å². The second-order valence-corrected chi connectivity index (χ2v) is 7.53. The van der Waals surface area contributed by atoms with Crippen LogP contribution in [0.25, 0.3) is 0 Å². The van der Waals surface area contributed by atoms with Gasteiger partial charge in [-0.3, -0.25) is 9.59 Å². The van der Waals surface area contributed by atoms with Crippen molar-refractivity contribution < 1.29 is 18.7 Å². The number of hydrogen-bond donors (Lipinski definition) is 1. The van der Waals surface area contributed by atoms with Gasteiger partial charge in [-0.15, -0.1) is 0 Å². The van der Waals surface area contributed by atoms with Gasteiger partial charge in [0.1, 0.15) is 5.82 Å². The Morgan fingerprint density at radius 2 is 1.86 bits per heavy atom. The summed E-state index contributed by atoms with van der Waals surface area (Å²) < 4.78 is 19.6. The van der Waals surface area contributed by atoms with Crippen LogP contribution in [-0.4, -0.2) is 42.5 Å². The monoisotopic (exact) mass is 382 g/mol. The van der Waals surface area contributed by atoms with E-state index in [1.54, 1.807) is 47.4 Å². The number of benzene rings is 2. The number of nitrogens with zero attached hydrogens (tertiary/aromatic N) is 1. The summed E-state index contributed by atoms with van der Waals surface area (Å²) in [5, 5.41) is 2.87. The SMILES string of the molecule is CC1CN(C(=O)c2ccc(NC(=O)C3(c4ccccc4F)CC3)cc2)CCO1. The summed E-state index contributed by atoms with van der Waals surface area (Å²) in [6.45, 7) is 3.63. The van der Waals surface area contributed by atoms with Gasteiger partial charge in [0, 0.05) is 29.9 Å². The summed E-state index contributed by atoms with van der Waals surface area (Å²) >= 11 is 0. The van der Waals surface area contributed by atoms with E-state index in [2.05, 4.69) is 5.32 Å².